The number of hydrogen-bond acceptors (Lipinski definition) is 3. The Balaban J connectivity index is 3.32. The summed E-state index contributed by atoms with van der Waals surface area (Å²) in [7, 11) is -1.56. The van der Waals surface area contributed by atoms with E-state index in [1.54, 1.807) is 13.8 Å². The molecule has 0 aromatic heterocycles. The molecule has 0 saturated carbocycles. The van der Waals surface area contributed by atoms with Crippen molar-refractivity contribution in [2.24, 2.45) is 0 Å². The molecule has 74 valence electrons. The highest BCUT2D eigenvalue weighted by Gasteiger charge is 2.17. The summed E-state index contributed by atoms with van der Waals surface area (Å²) in [6, 6.07) is 2.92. The van der Waals surface area contributed by atoms with Gasteiger partial charge < -0.3 is 15.2 Å². The SMILES string of the molecule is Cc1cc(B(O)O)cc(C)c1C(=O)O. The van der Waals surface area contributed by atoms with Gasteiger partial charge in [-0.2, -0.15) is 0 Å². The number of carbonyl (C=O) groups is 1. The van der Waals surface area contributed by atoms with Gasteiger partial charge in [0.15, 0.2) is 0 Å². The Labute approximate surface area is 82.0 Å². The maximum absolute atomic E-state index is 10.8. The van der Waals surface area contributed by atoms with Crippen molar-refractivity contribution in [3.63, 3.8) is 0 Å². The Hall–Kier alpha value is -1.33. The predicted octanol–water partition coefficient (Wildman–Crippen LogP) is -0.319. The van der Waals surface area contributed by atoms with E-state index in [4.69, 9.17) is 15.2 Å². The van der Waals surface area contributed by atoms with Crippen LogP contribution in [0.5, 0.6) is 0 Å². The first-order chi connectivity index (χ1) is 6.43. The molecule has 0 bridgehead atoms. The second-order valence-corrected chi connectivity index (χ2v) is 3.21. The summed E-state index contributed by atoms with van der Waals surface area (Å²) >= 11 is 0. The molecule has 0 aliphatic carbocycles. The molecule has 0 spiro atoms. The van der Waals surface area contributed by atoms with Gasteiger partial charge in [0, 0.05) is 0 Å². The van der Waals surface area contributed by atoms with E-state index in [0.717, 1.165) is 0 Å². The molecule has 0 fully saturated rings. The fourth-order valence-electron chi connectivity index (χ4n) is 1.48. The molecule has 0 unspecified atom stereocenters. The molecule has 0 atom stereocenters. The van der Waals surface area contributed by atoms with Crippen molar-refractivity contribution in [3.8, 4) is 0 Å². The van der Waals surface area contributed by atoms with Gasteiger partial charge in [-0.25, -0.2) is 4.79 Å². The van der Waals surface area contributed by atoms with Crippen molar-refractivity contribution < 1.29 is 19.9 Å². The van der Waals surface area contributed by atoms with E-state index < -0.39 is 13.1 Å². The van der Waals surface area contributed by atoms with Gasteiger partial charge in [-0.1, -0.05) is 12.1 Å². The van der Waals surface area contributed by atoms with Crippen molar-refractivity contribution in [2.75, 3.05) is 0 Å². The minimum absolute atomic E-state index is 0.217. The molecular weight excluding hydrogens is 183 g/mol. The van der Waals surface area contributed by atoms with Crippen molar-refractivity contribution in [3.05, 3.63) is 28.8 Å². The first-order valence-electron chi connectivity index (χ1n) is 4.14. The molecule has 0 aliphatic rings. The molecule has 0 amide bonds. The van der Waals surface area contributed by atoms with Crippen LogP contribution in [0.2, 0.25) is 0 Å². The van der Waals surface area contributed by atoms with Crippen LogP contribution in [-0.4, -0.2) is 28.2 Å². The number of benzene rings is 1. The molecule has 3 N–H and O–H groups in total. The molecule has 0 aliphatic heterocycles. The summed E-state index contributed by atoms with van der Waals surface area (Å²) in [5, 5.41) is 26.7. The normalized spacial score (nSPS) is 10.0. The Morgan fingerprint density at radius 3 is 1.93 bits per heavy atom. The number of aryl methyl sites for hydroxylation is 2. The highest BCUT2D eigenvalue weighted by Crippen LogP contribution is 2.11. The fraction of sp³-hybridized carbons (Fsp3) is 0.222. The minimum Gasteiger partial charge on any atom is -0.478 e. The maximum atomic E-state index is 10.8. The average molecular weight is 194 g/mol. The lowest BCUT2D eigenvalue weighted by Gasteiger charge is -2.08. The van der Waals surface area contributed by atoms with Crippen molar-refractivity contribution >= 4 is 18.6 Å². The van der Waals surface area contributed by atoms with Crippen LogP contribution < -0.4 is 5.46 Å². The van der Waals surface area contributed by atoms with Crippen LogP contribution in [0.15, 0.2) is 12.1 Å². The van der Waals surface area contributed by atoms with Gasteiger partial charge in [-0.3, -0.25) is 0 Å². The monoisotopic (exact) mass is 194 g/mol. The second kappa shape index (κ2) is 3.81. The first kappa shape index (κ1) is 10.8. The largest absolute Gasteiger partial charge is 0.488 e. The summed E-state index contributed by atoms with van der Waals surface area (Å²) in [5.41, 5.74) is 1.58. The van der Waals surface area contributed by atoms with Gasteiger partial charge in [0.05, 0.1) is 5.56 Å². The second-order valence-electron chi connectivity index (χ2n) is 3.21. The topological polar surface area (TPSA) is 77.8 Å². The summed E-state index contributed by atoms with van der Waals surface area (Å²) in [6.07, 6.45) is 0. The maximum Gasteiger partial charge on any atom is 0.488 e. The fourth-order valence-corrected chi connectivity index (χ4v) is 1.48. The van der Waals surface area contributed by atoms with E-state index in [1.807, 2.05) is 0 Å². The average Bonchev–Trinajstić information content (AvgIpc) is 2.01. The lowest BCUT2D eigenvalue weighted by atomic mass is 9.78. The van der Waals surface area contributed by atoms with E-state index in [0.29, 0.717) is 16.6 Å². The summed E-state index contributed by atoms with van der Waals surface area (Å²) < 4.78 is 0. The highest BCUT2D eigenvalue weighted by molar-refractivity contribution is 6.58. The molecule has 1 aromatic rings. The van der Waals surface area contributed by atoms with Crippen LogP contribution in [0.25, 0.3) is 0 Å². The van der Waals surface area contributed by atoms with Crippen molar-refractivity contribution in [2.45, 2.75) is 13.8 Å². The summed E-state index contributed by atoms with van der Waals surface area (Å²) in [4.78, 5) is 10.8. The van der Waals surface area contributed by atoms with Crippen LogP contribution in [0.4, 0.5) is 0 Å². The summed E-state index contributed by atoms with van der Waals surface area (Å²) in [5.74, 6) is -1.00. The van der Waals surface area contributed by atoms with E-state index in [2.05, 4.69) is 0 Å². The van der Waals surface area contributed by atoms with Crippen molar-refractivity contribution in [1.82, 2.24) is 0 Å². The van der Waals surface area contributed by atoms with Crippen LogP contribution in [0.3, 0.4) is 0 Å². The third-order valence-corrected chi connectivity index (χ3v) is 2.07. The Kier molecular flexibility index (Phi) is 2.93. The Morgan fingerprint density at radius 1 is 1.21 bits per heavy atom. The molecule has 1 aromatic carbocycles. The third kappa shape index (κ3) is 1.94. The van der Waals surface area contributed by atoms with Crippen LogP contribution in [-0.2, 0) is 0 Å². The Morgan fingerprint density at radius 2 is 1.64 bits per heavy atom. The van der Waals surface area contributed by atoms with Gasteiger partial charge in [0.2, 0.25) is 0 Å². The van der Waals surface area contributed by atoms with Crippen molar-refractivity contribution in [1.29, 1.82) is 0 Å². The molecule has 0 saturated heterocycles. The zero-order valence-electron chi connectivity index (χ0n) is 7.98. The molecule has 5 heteroatoms. The zero-order valence-corrected chi connectivity index (χ0v) is 7.98. The van der Waals surface area contributed by atoms with E-state index in [-0.39, 0.29) is 5.56 Å². The van der Waals surface area contributed by atoms with Gasteiger partial charge in [0.25, 0.3) is 0 Å². The summed E-state index contributed by atoms with van der Waals surface area (Å²) in [6.45, 7) is 3.25. The molecule has 4 nitrogen and oxygen atoms in total. The molecule has 1 rings (SSSR count). The van der Waals surface area contributed by atoms with Gasteiger partial charge in [-0.05, 0) is 30.4 Å². The molecule has 0 radical (unpaired) electrons. The molecule has 0 heterocycles. The minimum atomic E-state index is -1.56. The number of hydrogen-bond donors (Lipinski definition) is 3. The number of rotatable bonds is 2. The Bertz CT molecular complexity index is 350. The highest BCUT2D eigenvalue weighted by atomic mass is 16.4. The zero-order chi connectivity index (χ0) is 10.9. The molecular formula is C9H11BO4. The first-order valence-corrected chi connectivity index (χ1v) is 4.14. The lowest BCUT2D eigenvalue weighted by Crippen LogP contribution is -2.31. The van der Waals surface area contributed by atoms with Crippen LogP contribution >= 0.6 is 0 Å². The molecule has 14 heavy (non-hydrogen) atoms. The number of aromatic carboxylic acids is 1. The van der Waals surface area contributed by atoms with Gasteiger partial charge in [0.1, 0.15) is 0 Å². The lowest BCUT2D eigenvalue weighted by molar-refractivity contribution is 0.0695. The van der Waals surface area contributed by atoms with Gasteiger partial charge >= 0.3 is 13.1 Å². The smallest absolute Gasteiger partial charge is 0.478 e. The van der Waals surface area contributed by atoms with Crippen LogP contribution in [0.1, 0.15) is 21.5 Å². The number of carboxylic acids is 1. The predicted molar refractivity (Wildman–Crippen MR) is 52.7 cm³/mol. The third-order valence-electron chi connectivity index (χ3n) is 2.07. The quantitative estimate of drug-likeness (QED) is 0.564. The van der Waals surface area contributed by atoms with E-state index in [1.165, 1.54) is 12.1 Å². The number of carboxylic acid groups (broad SMARTS) is 1. The van der Waals surface area contributed by atoms with E-state index >= 15 is 0 Å². The van der Waals surface area contributed by atoms with E-state index in [9.17, 15) is 4.79 Å². The standard InChI is InChI=1S/C9H11BO4/c1-5-3-7(10(13)14)4-6(2)8(5)9(11)12/h3-4,13-14H,1-2H3,(H,11,12). The van der Waals surface area contributed by atoms with Crippen LogP contribution in [0, 0.1) is 13.8 Å². The van der Waals surface area contributed by atoms with Gasteiger partial charge in [-0.15, -0.1) is 0 Å².